The van der Waals surface area contributed by atoms with Gasteiger partial charge in [0.1, 0.15) is 5.84 Å². The Bertz CT molecular complexity index is 1090. The Labute approximate surface area is 169 Å². The van der Waals surface area contributed by atoms with Crippen LogP contribution in [-0.4, -0.2) is 46.3 Å². The second-order valence-corrected chi connectivity index (χ2v) is 7.28. The lowest BCUT2D eigenvalue weighted by Gasteiger charge is -2.31. The van der Waals surface area contributed by atoms with Gasteiger partial charge in [-0.2, -0.15) is 10.1 Å². The van der Waals surface area contributed by atoms with Crippen molar-refractivity contribution in [3.8, 4) is 0 Å². The average Bonchev–Trinajstić information content (AvgIpc) is 3.30. The molecule has 8 heteroatoms. The first-order chi connectivity index (χ1) is 13.9. The van der Waals surface area contributed by atoms with E-state index in [2.05, 4.69) is 33.2 Å². The number of H-pyrrole nitrogens is 1. The molecule has 0 radical (unpaired) electrons. The summed E-state index contributed by atoms with van der Waals surface area (Å²) in [6, 6.07) is 11.5. The second-order valence-electron chi connectivity index (χ2n) is 7.28. The molecule has 2 heterocycles. The van der Waals surface area contributed by atoms with Crippen LogP contribution in [0.25, 0.3) is 10.9 Å². The highest BCUT2D eigenvalue weighted by atomic mass is 16.1. The van der Waals surface area contributed by atoms with Crippen molar-refractivity contribution in [3.05, 3.63) is 59.3 Å². The van der Waals surface area contributed by atoms with Crippen molar-refractivity contribution < 1.29 is 4.79 Å². The molecule has 0 aliphatic carbocycles. The molecule has 1 aromatic heterocycles. The van der Waals surface area contributed by atoms with Crippen molar-refractivity contribution in [1.29, 1.82) is 0 Å². The molecule has 1 unspecified atom stereocenters. The van der Waals surface area contributed by atoms with Crippen LogP contribution in [0.2, 0.25) is 0 Å². The number of rotatable bonds is 5. The first-order valence-corrected chi connectivity index (χ1v) is 9.61. The normalized spacial score (nSPS) is 19.1. The summed E-state index contributed by atoms with van der Waals surface area (Å²) in [5.74, 6) is -0.00319. The summed E-state index contributed by atoms with van der Waals surface area (Å²) in [4.78, 5) is 16.8. The molecule has 8 nitrogen and oxygen atoms in total. The van der Waals surface area contributed by atoms with Gasteiger partial charge >= 0.3 is 0 Å². The summed E-state index contributed by atoms with van der Waals surface area (Å²) in [6.07, 6.45) is 1.83. The number of benzene rings is 2. The highest BCUT2D eigenvalue weighted by Crippen LogP contribution is 2.29. The maximum Gasteiger partial charge on any atom is 0.251 e. The molecule has 150 valence electrons. The van der Waals surface area contributed by atoms with Crippen LogP contribution >= 0.6 is 0 Å². The third-order valence-electron chi connectivity index (χ3n) is 5.28. The molecule has 0 fully saturated rings. The summed E-state index contributed by atoms with van der Waals surface area (Å²) in [5, 5.41) is 16.5. The first kappa shape index (κ1) is 18.9. The first-order valence-electron chi connectivity index (χ1n) is 9.61. The molecule has 0 saturated carbocycles. The Balaban J connectivity index is 1.59. The van der Waals surface area contributed by atoms with Crippen molar-refractivity contribution in [1.82, 2.24) is 25.9 Å². The van der Waals surface area contributed by atoms with Gasteiger partial charge in [-0.1, -0.05) is 12.1 Å². The maximum absolute atomic E-state index is 12.0. The molecule has 0 bridgehead atoms. The summed E-state index contributed by atoms with van der Waals surface area (Å²) in [5.41, 5.74) is 7.97. The highest BCUT2D eigenvalue weighted by molar-refractivity contribution is 6.01. The van der Waals surface area contributed by atoms with E-state index in [1.807, 2.05) is 68.5 Å². The molecule has 1 aliphatic heterocycles. The van der Waals surface area contributed by atoms with E-state index in [1.165, 1.54) is 0 Å². The van der Waals surface area contributed by atoms with Gasteiger partial charge in [-0.05, 0) is 50.6 Å². The summed E-state index contributed by atoms with van der Waals surface area (Å²) < 4.78 is 0. The third-order valence-corrected chi connectivity index (χ3v) is 5.28. The Kier molecular flexibility index (Phi) is 4.71. The molecule has 3 aromatic rings. The van der Waals surface area contributed by atoms with Crippen molar-refractivity contribution in [2.75, 3.05) is 18.9 Å². The zero-order valence-corrected chi connectivity index (χ0v) is 17.0. The summed E-state index contributed by atoms with van der Waals surface area (Å²) >= 11 is 0. The maximum atomic E-state index is 12.0. The molecule has 4 rings (SSSR count). The van der Waals surface area contributed by atoms with Gasteiger partial charge in [-0.15, -0.1) is 0 Å². The standard InChI is InChI=1S/C21H25N7O/c1-5-22-20(29)15-8-6-14(7-9-15)19-25-21(3,28(4)27-19)24-17-10-11-18-16(13(17)2)12-23-26-18/h6-12,24H,5H2,1-4H3,(H,22,29)(H,23,26)(H,25,27). The van der Waals surface area contributed by atoms with Crippen LogP contribution < -0.4 is 16.1 Å². The number of carbonyl (C=O) groups excluding carboxylic acids is 1. The average molecular weight is 391 g/mol. The third kappa shape index (κ3) is 3.42. The van der Waals surface area contributed by atoms with E-state index in [-0.39, 0.29) is 5.91 Å². The molecule has 4 N–H and O–H groups in total. The Hall–Kier alpha value is -3.39. The van der Waals surface area contributed by atoms with Gasteiger partial charge in [-0.3, -0.25) is 15.3 Å². The number of anilines is 1. The highest BCUT2D eigenvalue weighted by Gasteiger charge is 2.36. The molecule has 0 saturated heterocycles. The summed E-state index contributed by atoms with van der Waals surface area (Å²) in [7, 11) is 1.94. The van der Waals surface area contributed by atoms with Gasteiger partial charge in [0, 0.05) is 35.8 Å². The lowest BCUT2D eigenvalue weighted by Crippen LogP contribution is -2.50. The summed E-state index contributed by atoms with van der Waals surface area (Å²) in [6.45, 7) is 6.58. The van der Waals surface area contributed by atoms with E-state index in [4.69, 9.17) is 4.99 Å². The number of amidine groups is 1. The van der Waals surface area contributed by atoms with E-state index >= 15 is 0 Å². The van der Waals surface area contributed by atoms with Crippen LogP contribution in [0.5, 0.6) is 0 Å². The predicted octanol–water partition coefficient (Wildman–Crippen LogP) is 2.60. The van der Waals surface area contributed by atoms with Gasteiger partial charge in [-0.25, -0.2) is 4.99 Å². The molecular weight excluding hydrogens is 366 g/mol. The van der Waals surface area contributed by atoms with Gasteiger partial charge in [0.15, 0.2) is 0 Å². The number of amides is 1. The van der Waals surface area contributed by atoms with Gasteiger partial charge in [0.25, 0.3) is 5.91 Å². The topological polar surface area (TPSA) is 97.4 Å². The fourth-order valence-electron chi connectivity index (χ4n) is 3.42. The number of hydrogen-bond donors (Lipinski definition) is 4. The van der Waals surface area contributed by atoms with Crippen LogP contribution in [0.1, 0.15) is 35.3 Å². The Morgan fingerprint density at radius 2 is 1.97 bits per heavy atom. The van der Waals surface area contributed by atoms with Gasteiger partial charge in [0.05, 0.1) is 11.7 Å². The fourth-order valence-corrected chi connectivity index (χ4v) is 3.42. The number of hydrazine groups is 1. The number of aryl methyl sites for hydroxylation is 1. The van der Waals surface area contributed by atoms with Crippen LogP contribution in [0.4, 0.5) is 5.69 Å². The lowest BCUT2D eigenvalue weighted by molar-refractivity contribution is 0.0956. The number of hydrogen-bond acceptors (Lipinski definition) is 6. The fraction of sp³-hybridized carbons (Fsp3) is 0.286. The van der Waals surface area contributed by atoms with Crippen LogP contribution in [0, 0.1) is 6.92 Å². The number of fused-ring (bicyclic) bond motifs is 1. The van der Waals surface area contributed by atoms with Crippen LogP contribution in [0.15, 0.2) is 47.6 Å². The van der Waals surface area contributed by atoms with Gasteiger partial charge < -0.3 is 10.6 Å². The Morgan fingerprint density at radius 1 is 1.21 bits per heavy atom. The van der Waals surface area contributed by atoms with Crippen molar-refractivity contribution in [2.24, 2.45) is 4.99 Å². The van der Waals surface area contributed by atoms with Gasteiger partial charge in [0.2, 0.25) is 5.79 Å². The number of carbonyl (C=O) groups is 1. The smallest absolute Gasteiger partial charge is 0.251 e. The largest absolute Gasteiger partial charge is 0.352 e. The number of aliphatic imine (C=N–C) groups is 1. The molecule has 1 atom stereocenters. The van der Waals surface area contributed by atoms with E-state index in [0.29, 0.717) is 12.1 Å². The monoisotopic (exact) mass is 391 g/mol. The minimum atomic E-state index is -0.671. The molecule has 1 amide bonds. The zero-order chi connectivity index (χ0) is 20.6. The Morgan fingerprint density at radius 3 is 2.69 bits per heavy atom. The predicted molar refractivity (Wildman–Crippen MR) is 115 cm³/mol. The number of nitrogens with one attached hydrogen (secondary N) is 4. The van der Waals surface area contributed by atoms with Crippen molar-refractivity contribution in [3.63, 3.8) is 0 Å². The second kappa shape index (κ2) is 7.21. The van der Waals surface area contributed by atoms with E-state index in [1.54, 1.807) is 0 Å². The minimum absolute atomic E-state index is 0.0749. The van der Waals surface area contributed by atoms with E-state index in [9.17, 15) is 4.79 Å². The SMILES string of the molecule is CCNC(=O)c1ccc(C2=NC(C)(Nc3ccc4[nH]ncc4c3C)N(C)N2)cc1. The van der Waals surface area contributed by atoms with Crippen molar-refractivity contribution >= 4 is 28.3 Å². The minimum Gasteiger partial charge on any atom is -0.352 e. The number of aromatic nitrogens is 2. The molecule has 2 aromatic carbocycles. The quantitative estimate of drug-likeness (QED) is 0.536. The van der Waals surface area contributed by atoms with E-state index in [0.717, 1.165) is 33.6 Å². The van der Waals surface area contributed by atoms with E-state index < -0.39 is 5.79 Å². The molecular formula is C21H25N7O. The van der Waals surface area contributed by atoms with Crippen LogP contribution in [0.3, 0.4) is 0 Å². The number of aromatic amines is 1. The molecule has 1 aliphatic rings. The molecule has 0 spiro atoms. The number of nitrogens with zero attached hydrogens (tertiary/aromatic N) is 3. The lowest BCUT2D eigenvalue weighted by atomic mass is 10.1. The van der Waals surface area contributed by atoms with Crippen molar-refractivity contribution in [2.45, 2.75) is 26.6 Å². The molecule has 29 heavy (non-hydrogen) atoms. The zero-order valence-electron chi connectivity index (χ0n) is 17.0. The van der Waals surface area contributed by atoms with Crippen LogP contribution in [-0.2, 0) is 0 Å².